The molecule has 0 saturated heterocycles. The molecule has 1 aliphatic heterocycles. The van der Waals surface area contributed by atoms with Crippen molar-refractivity contribution >= 4 is 27.1 Å². The third-order valence-electron chi connectivity index (χ3n) is 3.57. The first kappa shape index (κ1) is 16.7. The third kappa shape index (κ3) is 3.49. The largest absolute Gasteiger partial charge is 0.497 e. The topological polar surface area (TPSA) is 85.4 Å². The van der Waals surface area contributed by atoms with Crippen molar-refractivity contribution in [1.29, 1.82) is 0 Å². The number of hydrogen-bond acceptors (Lipinski definition) is 6. The van der Waals surface area contributed by atoms with E-state index in [2.05, 4.69) is 10.3 Å². The molecule has 2 aromatic rings. The summed E-state index contributed by atoms with van der Waals surface area (Å²) in [7, 11) is -1.61. The summed E-state index contributed by atoms with van der Waals surface area (Å²) in [4.78, 5) is 17.3. The summed E-state index contributed by atoms with van der Waals surface area (Å²) >= 11 is 1.27. The maximum absolute atomic E-state index is 12.4. The van der Waals surface area contributed by atoms with Crippen LogP contribution in [0.4, 0.5) is 0 Å². The molecule has 6 nitrogen and oxygen atoms in total. The lowest BCUT2D eigenvalue weighted by Gasteiger charge is -2.08. The molecule has 8 heteroatoms. The predicted octanol–water partition coefficient (Wildman–Crippen LogP) is 2.17. The number of aryl methyl sites for hydroxylation is 1. The first-order chi connectivity index (χ1) is 11.4. The molecular weight excluding hydrogens is 348 g/mol. The highest BCUT2D eigenvalue weighted by Gasteiger charge is 2.25. The van der Waals surface area contributed by atoms with Crippen LogP contribution in [0.25, 0.3) is 10.6 Å². The minimum absolute atomic E-state index is 0.0979. The van der Waals surface area contributed by atoms with Crippen LogP contribution in [0.3, 0.4) is 0 Å². The number of sulfone groups is 1. The van der Waals surface area contributed by atoms with Crippen molar-refractivity contribution in [2.24, 2.45) is 0 Å². The van der Waals surface area contributed by atoms with E-state index in [1.165, 1.54) is 17.4 Å². The Hall–Kier alpha value is -2.19. The maximum atomic E-state index is 12.4. The quantitative estimate of drug-likeness (QED) is 0.899. The Kier molecular flexibility index (Phi) is 4.42. The zero-order valence-electron chi connectivity index (χ0n) is 13.1. The van der Waals surface area contributed by atoms with Gasteiger partial charge in [0.15, 0.2) is 9.84 Å². The number of carbonyl (C=O) groups is 1. The van der Waals surface area contributed by atoms with Crippen LogP contribution < -0.4 is 10.1 Å². The van der Waals surface area contributed by atoms with Gasteiger partial charge in [-0.15, -0.1) is 11.3 Å². The Morgan fingerprint density at radius 1 is 1.42 bits per heavy atom. The fourth-order valence-electron chi connectivity index (χ4n) is 2.39. The van der Waals surface area contributed by atoms with Crippen LogP contribution in [0.5, 0.6) is 5.75 Å². The molecule has 1 aromatic carbocycles. The summed E-state index contributed by atoms with van der Waals surface area (Å²) in [6.45, 7) is 1.76. The smallest absolute Gasteiger partial charge is 0.263 e. The van der Waals surface area contributed by atoms with Gasteiger partial charge < -0.3 is 10.1 Å². The van der Waals surface area contributed by atoms with E-state index < -0.39 is 15.9 Å². The Morgan fingerprint density at radius 2 is 2.21 bits per heavy atom. The molecular formula is C16H16N2O4S2. The van der Waals surface area contributed by atoms with Crippen LogP contribution in [0.1, 0.15) is 15.4 Å². The van der Waals surface area contributed by atoms with E-state index in [4.69, 9.17) is 4.74 Å². The van der Waals surface area contributed by atoms with Gasteiger partial charge in [0.25, 0.3) is 5.91 Å². The first-order valence-electron chi connectivity index (χ1n) is 7.21. The van der Waals surface area contributed by atoms with Gasteiger partial charge in [0.05, 0.1) is 24.6 Å². The molecule has 1 aromatic heterocycles. The van der Waals surface area contributed by atoms with E-state index in [1.807, 2.05) is 24.3 Å². The van der Waals surface area contributed by atoms with Crippen LogP contribution in [0.15, 0.2) is 35.7 Å². The van der Waals surface area contributed by atoms with Gasteiger partial charge in [-0.1, -0.05) is 12.1 Å². The Balaban J connectivity index is 1.81. The summed E-state index contributed by atoms with van der Waals surface area (Å²) in [5, 5.41) is 4.57. The average molecular weight is 364 g/mol. The van der Waals surface area contributed by atoms with Crippen molar-refractivity contribution in [2.45, 2.75) is 13.0 Å². The van der Waals surface area contributed by atoms with Crippen LogP contribution >= 0.6 is 11.3 Å². The molecule has 1 aliphatic rings. The van der Waals surface area contributed by atoms with Gasteiger partial charge >= 0.3 is 0 Å². The molecule has 2 heterocycles. The van der Waals surface area contributed by atoms with Crippen molar-refractivity contribution in [3.63, 3.8) is 0 Å². The molecule has 0 bridgehead atoms. The highest BCUT2D eigenvalue weighted by molar-refractivity contribution is 7.94. The van der Waals surface area contributed by atoms with Crippen molar-refractivity contribution in [3.8, 4) is 16.3 Å². The number of carbonyl (C=O) groups excluding carboxylic acids is 1. The second kappa shape index (κ2) is 6.37. The van der Waals surface area contributed by atoms with Crippen molar-refractivity contribution in [2.75, 3.05) is 12.9 Å². The number of rotatable bonds is 4. The minimum Gasteiger partial charge on any atom is -0.497 e. The number of nitrogens with one attached hydrogen (secondary N) is 1. The third-order valence-corrected chi connectivity index (χ3v) is 6.17. The minimum atomic E-state index is -3.20. The number of hydrogen-bond donors (Lipinski definition) is 1. The molecule has 3 rings (SSSR count). The summed E-state index contributed by atoms with van der Waals surface area (Å²) in [6.07, 6.45) is 1.49. The Morgan fingerprint density at radius 3 is 2.88 bits per heavy atom. The van der Waals surface area contributed by atoms with Crippen LogP contribution in [-0.4, -0.2) is 38.2 Å². The lowest BCUT2D eigenvalue weighted by molar-refractivity contribution is 0.0951. The number of methoxy groups -OCH3 is 1. The van der Waals surface area contributed by atoms with Gasteiger partial charge in [0.2, 0.25) is 0 Å². The number of thiazole rings is 1. The Labute approximate surface area is 144 Å². The fourth-order valence-corrected chi connectivity index (χ4v) is 4.59. The van der Waals surface area contributed by atoms with Gasteiger partial charge in [-0.25, -0.2) is 13.4 Å². The normalized spacial score (nSPS) is 18.5. The zero-order valence-corrected chi connectivity index (χ0v) is 14.8. The lowest BCUT2D eigenvalue weighted by atomic mass is 10.2. The van der Waals surface area contributed by atoms with Gasteiger partial charge in [-0.05, 0) is 25.1 Å². The summed E-state index contributed by atoms with van der Waals surface area (Å²) in [6, 6.07) is 6.95. The van der Waals surface area contributed by atoms with Gasteiger partial charge in [-0.3, -0.25) is 4.79 Å². The molecule has 0 fully saturated rings. The molecule has 0 aliphatic carbocycles. The highest BCUT2D eigenvalue weighted by atomic mass is 32.2. The number of benzene rings is 1. The predicted molar refractivity (Wildman–Crippen MR) is 93.0 cm³/mol. The lowest BCUT2D eigenvalue weighted by Crippen LogP contribution is -2.35. The second-order valence-corrected chi connectivity index (χ2v) is 8.33. The standard InChI is InChI=1S/C16H16N2O4S2/c1-10-14(15(19)18-12-6-7-24(20,21)9-12)23-16(17-10)11-4-3-5-13(8-11)22-2/h3-8,12H,9H2,1-2H3,(H,18,19)/t12-/m1/s1. The Bertz CT molecular complexity index is 916. The molecule has 0 unspecified atom stereocenters. The molecule has 1 N–H and O–H groups in total. The number of nitrogens with zero attached hydrogens (tertiary/aromatic N) is 1. The maximum Gasteiger partial charge on any atom is 0.263 e. The summed E-state index contributed by atoms with van der Waals surface area (Å²) < 4.78 is 28.0. The van der Waals surface area contributed by atoms with Crippen molar-refractivity contribution in [3.05, 3.63) is 46.3 Å². The first-order valence-corrected chi connectivity index (χ1v) is 9.75. The van der Waals surface area contributed by atoms with E-state index >= 15 is 0 Å². The summed E-state index contributed by atoms with van der Waals surface area (Å²) in [5.74, 6) is 0.304. The van der Waals surface area contributed by atoms with E-state index in [0.717, 1.165) is 11.0 Å². The van der Waals surface area contributed by atoms with Gasteiger partial charge in [0.1, 0.15) is 15.6 Å². The molecule has 0 radical (unpaired) electrons. The molecule has 126 valence electrons. The van der Waals surface area contributed by atoms with E-state index in [0.29, 0.717) is 21.3 Å². The molecule has 0 spiro atoms. The van der Waals surface area contributed by atoms with Crippen molar-refractivity contribution in [1.82, 2.24) is 10.3 Å². The molecule has 1 amide bonds. The monoisotopic (exact) mass is 364 g/mol. The van der Waals surface area contributed by atoms with Gasteiger partial charge in [-0.2, -0.15) is 0 Å². The van der Waals surface area contributed by atoms with Crippen LogP contribution in [-0.2, 0) is 9.84 Å². The van der Waals surface area contributed by atoms with Crippen LogP contribution in [0, 0.1) is 6.92 Å². The SMILES string of the molecule is COc1cccc(-c2nc(C)c(C(=O)N[C@@H]3C=CS(=O)(=O)C3)s2)c1. The molecule has 24 heavy (non-hydrogen) atoms. The van der Waals surface area contributed by atoms with Crippen molar-refractivity contribution < 1.29 is 17.9 Å². The highest BCUT2D eigenvalue weighted by Crippen LogP contribution is 2.30. The zero-order chi connectivity index (χ0) is 17.3. The second-order valence-electron chi connectivity index (χ2n) is 5.40. The number of amides is 1. The average Bonchev–Trinajstić information content (AvgIpc) is 3.09. The van der Waals surface area contributed by atoms with Gasteiger partial charge in [0, 0.05) is 11.0 Å². The van der Waals surface area contributed by atoms with E-state index in [-0.39, 0.29) is 11.7 Å². The molecule has 1 atom stereocenters. The molecule has 0 saturated carbocycles. The summed E-state index contributed by atoms with van der Waals surface area (Å²) in [5.41, 5.74) is 1.48. The fraction of sp³-hybridized carbons (Fsp3) is 0.250. The number of aromatic nitrogens is 1. The van der Waals surface area contributed by atoms with E-state index in [9.17, 15) is 13.2 Å². The van der Waals surface area contributed by atoms with Crippen LogP contribution in [0.2, 0.25) is 0 Å². The number of ether oxygens (including phenoxy) is 1. The van der Waals surface area contributed by atoms with E-state index in [1.54, 1.807) is 14.0 Å².